The minimum absolute atomic E-state index is 0.0679. The number of carbonyl (C=O) groups excluding carboxylic acids is 2. The highest BCUT2D eigenvalue weighted by atomic mass is 16.2. The zero-order valence-electron chi connectivity index (χ0n) is 12.4. The van der Waals surface area contributed by atoms with Crippen molar-refractivity contribution in [2.24, 2.45) is 11.7 Å². The molecular formula is C15H27N3O2. The van der Waals surface area contributed by atoms with Crippen molar-refractivity contribution in [2.45, 2.75) is 64.0 Å². The summed E-state index contributed by atoms with van der Waals surface area (Å²) < 4.78 is 0. The number of carbonyl (C=O) groups is 2. The Kier molecular flexibility index (Phi) is 5.40. The van der Waals surface area contributed by atoms with Crippen molar-refractivity contribution in [3.8, 4) is 0 Å². The van der Waals surface area contributed by atoms with Crippen LogP contribution in [0.1, 0.15) is 51.9 Å². The van der Waals surface area contributed by atoms with Gasteiger partial charge < -0.3 is 16.0 Å². The van der Waals surface area contributed by atoms with Crippen molar-refractivity contribution in [1.82, 2.24) is 10.2 Å². The third-order valence-corrected chi connectivity index (χ3v) is 4.76. The molecule has 3 N–H and O–H groups in total. The number of nitrogens with one attached hydrogen (secondary N) is 1. The number of amides is 2. The lowest BCUT2D eigenvalue weighted by atomic mass is 9.89. The minimum Gasteiger partial charge on any atom is -0.368 e. The molecule has 2 unspecified atom stereocenters. The predicted molar refractivity (Wildman–Crippen MR) is 78.0 cm³/mol. The number of rotatable bonds is 5. The van der Waals surface area contributed by atoms with Crippen LogP contribution >= 0.6 is 0 Å². The van der Waals surface area contributed by atoms with E-state index in [1.165, 1.54) is 0 Å². The molecule has 0 aromatic rings. The largest absolute Gasteiger partial charge is 0.368 e. The predicted octanol–water partition coefficient (Wildman–Crippen LogP) is 1.02. The average molecular weight is 281 g/mol. The lowest BCUT2D eigenvalue weighted by Gasteiger charge is -2.35. The van der Waals surface area contributed by atoms with Crippen LogP contribution in [-0.4, -0.2) is 41.9 Å². The van der Waals surface area contributed by atoms with E-state index < -0.39 is 5.91 Å². The van der Waals surface area contributed by atoms with Gasteiger partial charge in [-0.2, -0.15) is 0 Å². The second kappa shape index (κ2) is 7.07. The number of nitrogens with zero attached hydrogens (tertiary/aromatic N) is 1. The molecule has 0 radical (unpaired) electrons. The number of nitrogens with two attached hydrogens (primary N) is 1. The topological polar surface area (TPSA) is 75.4 Å². The highest BCUT2D eigenvalue weighted by molar-refractivity contribution is 5.87. The molecule has 2 fully saturated rings. The van der Waals surface area contributed by atoms with Crippen molar-refractivity contribution >= 4 is 11.8 Å². The van der Waals surface area contributed by atoms with Gasteiger partial charge in [-0.05, 0) is 38.1 Å². The molecule has 1 saturated heterocycles. The Balaban J connectivity index is 2.02. The summed E-state index contributed by atoms with van der Waals surface area (Å²) in [5.74, 6) is 0.283. The first kappa shape index (κ1) is 15.3. The molecule has 2 amide bonds. The number of primary amides is 1. The lowest BCUT2D eigenvalue weighted by Crippen LogP contribution is -2.54. The molecule has 114 valence electrons. The molecule has 1 heterocycles. The summed E-state index contributed by atoms with van der Waals surface area (Å²) in [6.45, 7) is 3.14. The van der Waals surface area contributed by atoms with Gasteiger partial charge in [0.05, 0.1) is 12.6 Å². The maximum Gasteiger partial charge on any atom is 0.240 e. The molecule has 0 bridgehead atoms. The third-order valence-electron chi connectivity index (χ3n) is 4.76. The quantitative estimate of drug-likeness (QED) is 0.790. The Labute approximate surface area is 121 Å². The Hall–Kier alpha value is -1.10. The molecule has 2 rings (SSSR count). The maximum absolute atomic E-state index is 12.7. The standard InChI is InChI=1S/C15H27N3O2/c1-2-11-7-8-17-13(9-11)15(20)18(10-14(16)19)12-5-3-4-6-12/h11-13,17H,2-10H2,1H3,(H2,16,19). The first-order valence-corrected chi connectivity index (χ1v) is 7.94. The van der Waals surface area contributed by atoms with E-state index in [0.29, 0.717) is 5.92 Å². The van der Waals surface area contributed by atoms with Crippen LogP contribution in [-0.2, 0) is 9.59 Å². The highest BCUT2D eigenvalue weighted by Gasteiger charge is 2.34. The van der Waals surface area contributed by atoms with Gasteiger partial charge in [0.25, 0.3) is 0 Å². The summed E-state index contributed by atoms with van der Waals surface area (Å²) in [5, 5.41) is 3.32. The average Bonchev–Trinajstić information content (AvgIpc) is 2.98. The molecular weight excluding hydrogens is 254 g/mol. The van der Waals surface area contributed by atoms with Crippen LogP contribution in [0.4, 0.5) is 0 Å². The maximum atomic E-state index is 12.7. The number of hydrogen-bond acceptors (Lipinski definition) is 3. The first-order chi connectivity index (χ1) is 9.61. The Morgan fingerprint density at radius 3 is 2.55 bits per heavy atom. The fourth-order valence-corrected chi connectivity index (χ4v) is 3.53. The van der Waals surface area contributed by atoms with Gasteiger partial charge in [0, 0.05) is 6.04 Å². The molecule has 0 spiro atoms. The van der Waals surface area contributed by atoms with Crippen molar-refractivity contribution in [3.63, 3.8) is 0 Å². The molecule has 5 heteroatoms. The van der Waals surface area contributed by atoms with Gasteiger partial charge in [-0.3, -0.25) is 9.59 Å². The van der Waals surface area contributed by atoms with E-state index in [1.807, 2.05) is 0 Å². The fourth-order valence-electron chi connectivity index (χ4n) is 3.53. The van der Waals surface area contributed by atoms with E-state index in [4.69, 9.17) is 5.73 Å². The molecule has 1 aliphatic heterocycles. The van der Waals surface area contributed by atoms with E-state index in [9.17, 15) is 9.59 Å². The second-order valence-electron chi connectivity index (χ2n) is 6.18. The summed E-state index contributed by atoms with van der Waals surface area (Å²) in [6.07, 6.45) is 7.43. The highest BCUT2D eigenvalue weighted by Crippen LogP contribution is 2.26. The van der Waals surface area contributed by atoms with Crippen molar-refractivity contribution < 1.29 is 9.59 Å². The van der Waals surface area contributed by atoms with Gasteiger partial charge in [-0.15, -0.1) is 0 Å². The summed E-state index contributed by atoms with van der Waals surface area (Å²) in [5.41, 5.74) is 5.33. The van der Waals surface area contributed by atoms with E-state index >= 15 is 0 Å². The Bertz CT molecular complexity index is 353. The van der Waals surface area contributed by atoms with E-state index in [0.717, 1.165) is 51.5 Å². The zero-order chi connectivity index (χ0) is 14.5. The van der Waals surface area contributed by atoms with Gasteiger partial charge in [-0.1, -0.05) is 26.2 Å². The van der Waals surface area contributed by atoms with Gasteiger partial charge in [0.1, 0.15) is 0 Å². The SMILES string of the molecule is CCC1CCNC(C(=O)N(CC(N)=O)C2CCCC2)C1. The number of piperidine rings is 1. The molecule has 1 aliphatic carbocycles. The lowest BCUT2D eigenvalue weighted by molar-refractivity contribution is -0.140. The number of hydrogen-bond donors (Lipinski definition) is 2. The summed E-state index contributed by atoms with van der Waals surface area (Å²) in [6, 6.07) is 0.0763. The smallest absolute Gasteiger partial charge is 0.240 e. The van der Waals surface area contributed by atoms with E-state index in [1.54, 1.807) is 4.90 Å². The summed E-state index contributed by atoms with van der Waals surface area (Å²) in [4.78, 5) is 25.8. The van der Waals surface area contributed by atoms with Gasteiger partial charge >= 0.3 is 0 Å². The molecule has 0 aromatic heterocycles. The molecule has 5 nitrogen and oxygen atoms in total. The minimum atomic E-state index is -0.409. The first-order valence-electron chi connectivity index (χ1n) is 7.94. The molecule has 2 aliphatic rings. The molecule has 1 saturated carbocycles. The van der Waals surface area contributed by atoms with Crippen molar-refractivity contribution in [1.29, 1.82) is 0 Å². The van der Waals surface area contributed by atoms with Crippen LogP contribution < -0.4 is 11.1 Å². The van der Waals surface area contributed by atoms with Crippen molar-refractivity contribution in [2.75, 3.05) is 13.1 Å². The second-order valence-corrected chi connectivity index (χ2v) is 6.18. The Morgan fingerprint density at radius 2 is 1.95 bits per heavy atom. The summed E-state index contributed by atoms with van der Waals surface area (Å²) >= 11 is 0. The fraction of sp³-hybridized carbons (Fsp3) is 0.867. The van der Waals surface area contributed by atoms with Gasteiger partial charge in [0.2, 0.25) is 11.8 Å². The van der Waals surface area contributed by atoms with Crippen molar-refractivity contribution in [3.05, 3.63) is 0 Å². The normalized spacial score (nSPS) is 27.4. The van der Waals surface area contributed by atoms with Crippen LogP contribution in [0.5, 0.6) is 0 Å². The van der Waals surface area contributed by atoms with Gasteiger partial charge in [-0.25, -0.2) is 0 Å². The third kappa shape index (κ3) is 3.72. The van der Waals surface area contributed by atoms with Crippen LogP contribution in [0.15, 0.2) is 0 Å². The van der Waals surface area contributed by atoms with Crippen LogP contribution in [0.2, 0.25) is 0 Å². The summed E-state index contributed by atoms with van der Waals surface area (Å²) in [7, 11) is 0. The molecule has 0 aromatic carbocycles. The van der Waals surface area contributed by atoms with E-state index in [-0.39, 0.29) is 24.5 Å². The van der Waals surface area contributed by atoms with Crippen LogP contribution in [0, 0.1) is 5.92 Å². The van der Waals surface area contributed by atoms with Crippen LogP contribution in [0.25, 0.3) is 0 Å². The van der Waals surface area contributed by atoms with Crippen LogP contribution in [0.3, 0.4) is 0 Å². The monoisotopic (exact) mass is 281 g/mol. The Morgan fingerprint density at radius 1 is 1.25 bits per heavy atom. The van der Waals surface area contributed by atoms with E-state index in [2.05, 4.69) is 12.2 Å². The zero-order valence-corrected chi connectivity index (χ0v) is 12.4. The molecule has 20 heavy (non-hydrogen) atoms. The molecule has 2 atom stereocenters. The van der Waals surface area contributed by atoms with Gasteiger partial charge in [0.15, 0.2) is 0 Å².